The van der Waals surface area contributed by atoms with Crippen molar-refractivity contribution in [3.05, 3.63) is 33.8 Å². The van der Waals surface area contributed by atoms with Gasteiger partial charge in [0.15, 0.2) is 6.04 Å². The van der Waals surface area contributed by atoms with Crippen LogP contribution < -0.4 is 0 Å². The van der Waals surface area contributed by atoms with Gasteiger partial charge in [-0.05, 0) is 12.1 Å². The van der Waals surface area contributed by atoms with E-state index in [1.165, 1.54) is 12.0 Å². The van der Waals surface area contributed by atoms with Gasteiger partial charge in [0.25, 0.3) is 5.91 Å². The van der Waals surface area contributed by atoms with Crippen LogP contribution in [-0.2, 0) is 14.3 Å². The van der Waals surface area contributed by atoms with Crippen LogP contribution in [0.5, 0.6) is 0 Å². The van der Waals surface area contributed by atoms with Crippen LogP contribution in [-0.4, -0.2) is 49.7 Å². The van der Waals surface area contributed by atoms with E-state index in [0.717, 1.165) is 0 Å². The van der Waals surface area contributed by atoms with E-state index in [-0.39, 0.29) is 28.8 Å². The first-order valence-corrected chi connectivity index (χ1v) is 6.72. The van der Waals surface area contributed by atoms with Gasteiger partial charge in [-0.15, -0.1) is 0 Å². The Kier molecular flexibility index (Phi) is 4.86. The highest BCUT2D eigenvalue weighted by molar-refractivity contribution is 6.39. The fourth-order valence-corrected chi connectivity index (χ4v) is 2.58. The Labute approximate surface area is 126 Å². The van der Waals surface area contributed by atoms with Gasteiger partial charge < -0.3 is 14.4 Å². The molecule has 1 aromatic carbocycles. The lowest BCUT2D eigenvalue weighted by molar-refractivity contribution is -0.151. The van der Waals surface area contributed by atoms with Gasteiger partial charge in [-0.2, -0.15) is 0 Å². The molecule has 2 rings (SSSR count). The molecule has 0 N–H and O–H groups in total. The Morgan fingerprint density at radius 1 is 1.35 bits per heavy atom. The summed E-state index contributed by atoms with van der Waals surface area (Å²) in [5.74, 6) is -0.930. The third kappa shape index (κ3) is 2.90. The number of rotatable bonds is 2. The molecule has 1 saturated heterocycles. The third-order valence-corrected chi connectivity index (χ3v) is 3.67. The van der Waals surface area contributed by atoms with Crippen molar-refractivity contribution in [3.8, 4) is 0 Å². The van der Waals surface area contributed by atoms with Gasteiger partial charge in [0.1, 0.15) is 0 Å². The highest BCUT2D eigenvalue weighted by Crippen LogP contribution is 2.27. The number of esters is 1. The normalized spacial score (nSPS) is 18.8. The fourth-order valence-electron chi connectivity index (χ4n) is 2.02. The highest BCUT2D eigenvalue weighted by atomic mass is 35.5. The summed E-state index contributed by atoms with van der Waals surface area (Å²) in [4.78, 5) is 25.7. The lowest BCUT2D eigenvalue weighted by Gasteiger charge is -2.34. The number of nitrogens with zero attached hydrogens (tertiary/aromatic N) is 1. The summed E-state index contributed by atoms with van der Waals surface area (Å²) in [6, 6.07) is 4.02. The van der Waals surface area contributed by atoms with Crippen LogP contribution in [0.1, 0.15) is 10.4 Å². The Morgan fingerprint density at radius 3 is 2.60 bits per heavy atom. The SMILES string of the molecule is COC(=O)C1COCCN1C(=O)c1c(Cl)cccc1Cl. The molecule has 5 nitrogen and oxygen atoms in total. The zero-order valence-corrected chi connectivity index (χ0v) is 12.3. The molecule has 20 heavy (non-hydrogen) atoms. The number of carbonyl (C=O) groups is 2. The second-order valence-corrected chi connectivity index (χ2v) is 5.02. The summed E-state index contributed by atoms with van der Waals surface area (Å²) in [5.41, 5.74) is 0.187. The summed E-state index contributed by atoms with van der Waals surface area (Å²) in [6.07, 6.45) is 0. The van der Waals surface area contributed by atoms with Crippen LogP contribution in [0.25, 0.3) is 0 Å². The fraction of sp³-hybridized carbons (Fsp3) is 0.385. The molecule has 0 bridgehead atoms. The van der Waals surface area contributed by atoms with E-state index in [2.05, 4.69) is 4.74 Å². The average molecular weight is 318 g/mol. The van der Waals surface area contributed by atoms with E-state index in [4.69, 9.17) is 27.9 Å². The van der Waals surface area contributed by atoms with E-state index in [0.29, 0.717) is 6.61 Å². The summed E-state index contributed by atoms with van der Waals surface area (Å²) in [5, 5.41) is 0.496. The number of methoxy groups -OCH3 is 1. The lowest BCUT2D eigenvalue weighted by Crippen LogP contribution is -2.53. The van der Waals surface area contributed by atoms with Gasteiger partial charge in [-0.1, -0.05) is 29.3 Å². The predicted molar refractivity (Wildman–Crippen MR) is 74.1 cm³/mol. The van der Waals surface area contributed by atoms with Gasteiger partial charge >= 0.3 is 5.97 Å². The Balaban J connectivity index is 2.33. The van der Waals surface area contributed by atoms with Crippen molar-refractivity contribution < 1.29 is 19.1 Å². The number of carbonyl (C=O) groups excluding carboxylic acids is 2. The summed E-state index contributed by atoms with van der Waals surface area (Å²) >= 11 is 12.1. The number of hydrogen-bond donors (Lipinski definition) is 0. The van der Waals surface area contributed by atoms with Crippen LogP contribution in [0.4, 0.5) is 0 Å². The first-order chi connectivity index (χ1) is 9.56. The molecule has 0 aliphatic carbocycles. The monoisotopic (exact) mass is 317 g/mol. The minimum Gasteiger partial charge on any atom is -0.467 e. The molecule has 7 heteroatoms. The number of hydrogen-bond acceptors (Lipinski definition) is 4. The van der Waals surface area contributed by atoms with Crippen molar-refractivity contribution in [2.75, 3.05) is 26.9 Å². The van der Waals surface area contributed by atoms with Crippen molar-refractivity contribution in [2.45, 2.75) is 6.04 Å². The van der Waals surface area contributed by atoms with Crippen molar-refractivity contribution in [1.82, 2.24) is 4.90 Å². The minimum atomic E-state index is -0.784. The maximum Gasteiger partial charge on any atom is 0.331 e. The number of morpholine rings is 1. The Bertz CT molecular complexity index is 515. The highest BCUT2D eigenvalue weighted by Gasteiger charge is 2.35. The van der Waals surface area contributed by atoms with Gasteiger partial charge in [0.05, 0.1) is 35.9 Å². The zero-order chi connectivity index (χ0) is 14.7. The Hall–Kier alpha value is -1.30. The van der Waals surface area contributed by atoms with Crippen LogP contribution in [0.2, 0.25) is 10.0 Å². The first-order valence-electron chi connectivity index (χ1n) is 5.96. The topological polar surface area (TPSA) is 55.8 Å². The summed E-state index contributed by atoms with van der Waals surface area (Å²) in [7, 11) is 1.27. The van der Waals surface area contributed by atoms with E-state index in [1.807, 2.05) is 0 Å². The molecule has 1 unspecified atom stereocenters. The van der Waals surface area contributed by atoms with Gasteiger partial charge in [-0.3, -0.25) is 4.79 Å². The van der Waals surface area contributed by atoms with Crippen molar-refractivity contribution >= 4 is 35.1 Å². The molecule has 1 fully saturated rings. The van der Waals surface area contributed by atoms with Crippen molar-refractivity contribution in [3.63, 3.8) is 0 Å². The second kappa shape index (κ2) is 6.43. The van der Waals surface area contributed by atoms with Crippen molar-refractivity contribution in [1.29, 1.82) is 0 Å². The molecule has 1 amide bonds. The number of ether oxygens (including phenoxy) is 2. The maximum atomic E-state index is 12.6. The van der Waals surface area contributed by atoms with Crippen LogP contribution in [0.3, 0.4) is 0 Å². The van der Waals surface area contributed by atoms with Gasteiger partial charge in [-0.25, -0.2) is 4.79 Å². The molecule has 0 spiro atoms. The number of amides is 1. The molecule has 1 aliphatic rings. The first kappa shape index (κ1) is 15.1. The largest absolute Gasteiger partial charge is 0.467 e. The van der Waals surface area contributed by atoms with E-state index < -0.39 is 17.9 Å². The number of halogens is 2. The average Bonchev–Trinajstić information content (AvgIpc) is 2.46. The summed E-state index contributed by atoms with van der Waals surface area (Å²) < 4.78 is 9.91. The molecule has 1 atom stereocenters. The van der Waals surface area contributed by atoms with Crippen LogP contribution >= 0.6 is 23.2 Å². The second-order valence-electron chi connectivity index (χ2n) is 4.21. The minimum absolute atomic E-state index is 0.0977. The molecule has 0 radical (unpaired) electrons. The third-order valence-electron chi connectivity index (χ3n) is 3.04. The molecule has 1 heterocycles. The van der Waals surface area contributed by atoms with Crippen LogP contribution in [0.15, 0.2) is 18.2 Å². The van der Waals surface area contributed by atoms with E-state index in [1.54, 1.807) is 18.2 Å². The molecule has 0 saturated carbocycles. The van der Waals surface area contributed by atoms with Crippen LogP contribution in [0, 0.1) is 0 Å². The smallest absolute Gasteiger partial charge is 0.331 e. The van der Waals surface area contributed by atoms with E-state index >= 15 is 0 Å². The lowest BCUT2D eigenvalue weighted by atomic mass is 10.1. The quantitative estimate of drug-likeness (QED) is 0.783. The van der Waals surface area contributed by atoms with Gasteiger partial charge in [0.2, 0.25) is 0 Å². The Morgan fingerprint density at radius 2 is 2.00 bits per heavy atom. The molecular formula is C13H13Cl2NO4. The number of benzene rings is 1. The zero-order valence-electron chi connectivity index (χ0n) is 10.8. The molecule has 0 aromatic heterocycles. The van der Waals surface area contributed by atoms with Gasteiger partial charge in [0, 0.05) is 6.54 Å². The van der Waals surface area contributed by atoms with Crippen molar-refractivity contribution in [2.24, 2.45) is 0 Å². The summed E-state index contributed by atoms with van der Waals surface area (Å²) in [6.45, 7) is 0.724. The molecule has 1 aromatic rings. The van der Waals surface area contributed by atoms with E-state index in [9.17, 15) is 9.59 Å². The predicted octanol–water partition coefficient (Wildman–Crippen LogP) is 2.01. The molecule has 1 aliphatic heterocycles. The molecule has 108 valence electrons. The standard InChI is InChI=1S/C13H13Cl2NO4/c1-19-13(18)10-7-20-6-5-16(10)12(17)11-8(14)3-2-4-9(11)15/h2-4,10H,5-7H2,1H3. The molecular weight excluding hydrogens is 305 g/mol. The maximum absolute atomic E-state index is 12.6.